The lowest BCUT2D eigenvalue weighted by Gasteiger charge is -2.33. The molecule has 4 unspecified atom stereocenters. The van der Waals surface area contributed by atoms with Crippen molar-refractivity contribution in [3.05, 3.63) is 29.8 Å². The van der Waals surface area contributed by atoms with Crippen molar-refractivity contribution in [1.29, 1.82) is 0 Å². The third kappa shape index (κ3) is 6.33. The van der Waals surface area contributed by atoms with Gasteiger partial charge in [0.2, 0.25) is 5.91 Å². The van der Waals surface area contributed by atoms with Gasteiger partial charge in [0.05, 0.1) is 25.8 Å². The van der Waals surface area contributed by atoms with E-state index in [1.807, 2.05) is 46.8 Å². The average molecular weight is 557 g/mol. The summed E-state index contributed by atoms with van der Waals surface area (Å²) in [6.07, 6.45) is 0.267. The molecule has 1 N–H and O–H groups in total. The summed E-state index contributed by atoms with van der Waals surface area (Å²) in [6, 6.07) is 5.52. The molecule has 0 spiro atoms. The van der Waals surface area contributed by atoms with Crippen LogP contribution in [0, 0.1) is 11.3 Å². The maximum absolute atomic E-state index is 13.8. The Bertz CT molecular complexity index is 1090. The lowest BCUT2D eigenvalue weighted by Crippen LogP contribution is -2.53. The minimum atomic E-state index is -0.774. The molecule has 10 heteroatoms. The summed E-state index contributed by atoms with van der Waals surface area (Å²) in [7, 11) is 1.50. The van der Waals surface area contributed by atoms with Crippen molar-refractivity contribution in [2.45, 2.75) is 71.7 Å². The van der Waals surface area contributed by atoms with Crippen LogP contribution in [0.4, 0.5) is 5.69 Å². The lowest BCUT2D eigenvalue weighted by molar-refractivity contribution is -0.150. The molecule has 4 rings (SSSR count). The van der Waals surface area contributed by atoms with Crippen molar-refractivity contribution >= 4 is 29.2 Å². The third-order valence-corrected chi connectivity index (χ3v) is 8.05. The minimum absolute atomic E-state index is 0.0371. The molecule has 0 radical (unpaired) electrons. The molecule has 0 saturated carbocycles. The number of anilines is 1. The highest BCUT2D eigenvalue weighted by molar-refractivity contribution is 6.01. The summed E-state index contributed by atoms with van der Waals surface area (Å²) in [4.78, 5) is 59.0. The number of methoxy groups -OCH3 is 1. The third-order valence-electron chi connectivity index (χ3n) is 8.05. The largest absolute Gasteiger partial charge is 0.378 e. The Morgan fingerprint density at radius 1 is 1.02 bits per heavy atom. The highest BCUT2D eigenvalue weighted by Gasteiger charge is 2.53. The van der Waals surface area contributed by atoms with Crippen molar-refractivity contribution in [2.75, 3.05) is 51.4 Å². The molecule has 0 aliphatic carbocycles. The number of ketones is 1. The van der Waals surface area contributed by atoms with Crippen molar-refractivity contribution in [3.63, 3.8) is 0 Å². The zero-order chi connectivity index (χ0) is 29.2. The SMILES string of the molecule is COC(C(=O)N1CC(=O)C2C1CCN2C(=O)C(CC(C)C)NC(=O)c1ccc(N2CCOCC2)cc1)C(C)(C)C. The van der Waals surface area contributed by atoms with Crippen LogP contribution in [0.15, 0.2) is 24.3 Å². The second-order valence-corrected chi connectivity index (χ2v) is 12.5. The van der Waals surface area contributed by atoms with Gasteiger partial charge in [-0.1, -0.05) is 34.6 Å². The Morgan fingerprint density at radius 2 is 1.68 bits per heavy atom. The molecular weight excluding hydrogens is 512 g/mol. The lowest BCUT2D eigenvalue weighted by atomic mass is 9.88. The molecule has 4 atom stereocenters. The molecule has 3 aliphatic heterocycles. The second-order valence-electron chi connectivity index (χ2n) is 12.5. The highest BCUT2D eigenvalue weighted by atomic mass is 16.5. The van der Waals surface area contributed by atoms with E-state index < -0.39 is 23.6 Å². The van der Waals surface area contributed by atoms with Gasteiger partial charge < -0.3 is 29.5 Å². The first-order chi connectivity index (χ1) is 18.9. The quantitative estimate of drug-likeness (QED) is 0.523. The van der Waals surface area contributed by atoms with Gasteiger partial charge in [0.1, 0.15) is 18.2 Å². The molecule has 3 fully saturated rings. The molecule has 40 heavy (non-hydrogen) atoms. The number of Topliss-reactive ketones (excluding diaryl/α,β-unsaturated/α-hetero) is 1. The van der Waals surface area contributed by atoms with Crippen LogP contribution < -0.4 is 10.2 Å². The number of ether oxygens (including phenoxy) is 2. The van der Waals surface area contributed by atoms with Gasteiger partial charge in [-0.25, -0.2) is 0 Å². The minimum Gasteiger partial charge on any atom is -0.378 e. The van der Waals surface area contributed by atoms with Crippen LogP contribution in [0.2, 0.25) is 0 Å². The van der Waals surface area contributed by atoms with Crippen LogP contribution in [-0.2, 0) is 23.9 Å². The Kier molecular flexibility index (Phi) is 9.19. The number of rotatable bonds is 8. The van der Waals surface area contributed by atoms with E-state index in [0.29, 0.717) is 38.2 Å². The van der Waals surface area contributed by atoms with Crippen LogP contribution in [-0.4, -0.2) is 104 Å². The first kappa shape index (κ1) is 30.0. The summed E-state index contributed by atoms with van der Waals surface area (Å²) in [6.45, 7) is 13.0. The van der Waals surface area contributed by atoms with E-state index in [1.54, 1.807) is 21.9 Å². The van der Waals surface area contributed by atoms with E-state index >= 15 is 0 Å². The van der Waals surface area contributed by atoms with Crippen molar-refractivity contribution in [2.24, 2.45) is 11.3 Å². The summed E-state index contributed by atoms with van der Waals surface area (Å²) in [5.74, 6) is -0.839. The topological polar surface area (TPSA) is 108 Å². The molecule has 3 heterocycles. The average Bonchev–Trinajstić information content (AvgIpc) is 3.49. The number of nitrogens with zero attached hydrogens (tertiary/aromatic N) is 3. The first-order valence-corrected chi connectivity index (χ1v) is 14.3. The van der Waals surface area contributed by atoms with Gasteiger partial charge in [-0.2, -0.15) is 0 Å². The number of amides is 3. The van der Waals surface area contributed by atoms with Gasteiger partial charge >= 0.3 is 0 Å². The number of carbonyl (C=O) groups excluding carboxylic acids is 4. The van der Waals surface area contributed by atoms with Crippen LogP contribution in [0.1, 0.15) is 57.8 Å². The Labute approximate surface area is 237 Å². The predicted molar refractivity (Wildman–Crippen MR) is 151 cm³/mol. The van der Waals surface area contributed by atoms with E-state index in [4.69, 9.17) is 9.47 Å². The molecule has 3 aliphatic rings. The van der Waals surface area contributed by atoms with E-state index in [-0.39, 0.29) is 42.0 Å². The van der Waals surface area contributed by atoms with Gasteiger partial charge in [0, 0.05) is 38.0 Å². The van der Waals surface area contributed by atoms with Crippen LogP contribution in [0.25, 0.3) is 0 Å². The molecule has 220 valence electrons. The first-order valence-electron chi connectivity index (χ1n) is 14.3. The van der Waals surface area contributed by atoms with Gasteiger partial charge in [-0.05, 0) is 48.4 Å². The van der Waals surface area contributed by atoms with Crippen molar-refractivity contribution in [3.8, 4) is 0 Å². The summed E-state index contributed by atoms with van der Waals surface area (Å²) in [5, 5.41) is 2.94. The molecule has 1 aromatic carbocycles. The van der Waals surface area contributed by atoms with Crippen LogP contribution >= 0.6 is 0 Å². The maximum Gasteiger partial charge on any atom is 0.252 e. The van der Waals surface area contributed by atoms with Gasteiger partial charge in [0.15, 0.2) is 5.78 Å². The van der Waals surface area contributed by atoms with Crippen molar-refractivity contribution in [1.82, 2.24) is 15.1 Å². The maximum atomic E-state index is 13.8. The Balaban J connectivity index is 1.46. The smallest absolute Gasteiger partial charge is 0.252 e. The molecule has 1 aromatic rings. The number of carbonyl (C=O) groups is 4. The zero-order valence-electron chi connectivity index (χ0n) is 24.6. The van der Waals surface area contributed by atoms with Gasteiger partial charge in [-0.3, -0.25) is 19.2 Å². The van der Waals surface area contributed by atoms with E-state index in [0.717, 1.165) is 18.8 Å². The molecule has 10 nitrogen and oxygen atoms in total. The summed E-state index contributed by atoms with van der Waals surface area (Å²) in [5.41, 5.74) is 1.06. The fourth-order valence-corrected chi connectivity index (χ4v) is 6.11. The fraction of sp³-hybridized carbons (Fsp3) is 0.667. The molecular formula is C30H44N4O6. The fourth-order valence-electron chi connectivity index (χ4n) is 6.11. The second kappa shape index (κ2) is 12.3. The normalized spacial score (nSPS) is 22.9. The van der Waals surface area contributed by atoms with Gasteiger partial charge in [0.25, 0.3) is 11.8 Å². The van der Waals surface area contributed by atoms with Crippen LogP contribution in [0.3, 0.4) is 0 Å². The van der Waals surface area contributed by atoms with E-state index in [9.17, 15) is 19.2 Å². The Hall–Kier alpha value is -2.98. The number of fused-ring (bicyclic) bond motifs is 1. The Morgan fingerprint density at radius 3 is 2.25 bits per heavy atom. The number of benzene rings is 1. The molecule has 0 aromatic heterocycles. The number of likely N-dealkylation sites (tertiary alicyclic amines) is 2. The standard InChI is InChI=1S/C30H44N4O6/c1-19(2)17-22(31-27(36)20-7-9-21(10-8-20)32-13-15-40-16-14-32)28(37)33-12-11-23-25(33)24(35)18-34(23)29(38)26(39-6)30(3,4)5/h7-10,19,22-23,25-26H,11-18H2,1-6H3,(H,31,36). The number of hydrogen-bond acceptors (Lipinski definition) is 7. The molecule has 0 bridgehead atoms. The molecule has 3 amide bonds. The number of hydrogen-bond donors (Lipinski definition) is 1. The van der Waals surface area contributed by atoms with E-state index in [2.05, 4.69) is 10.2 Å². The van der Waals surface area contributed by atoms with Gasteiger partial charge in [-0.15, -0.1) is 0 Å². The number of nitrogens with one attached hydrogen (secondary N) is 1. The summed E-state index contributed by atoms with van der Waals surface area (Å²) < 4.78 is 10.9. The molecule has 3 saturated heterocycles. The zero-order valence-corrected chi connectivity index (χ0v) is 24.6. The van der Waals surface area contributed by atoms with Crippen molar-refractivity contribution < 1.29 is 28.7 Å². The van der Waals surface area contributed by atoms with Crippen LogP contribution in [0.5, 0.6) is 0 Å². The monoisotopic (exact) mass is 556 g/mol. The number of morpholine rings is 1. The highest BCUT2D eigenvalue weighted by Crippen LogP contribution is 2.33. The summed E-state index contributed by atoms with van der Waals surface area (Å²) >= 11 is 0. The van der Waals surface area contributed by atoms with E-state index in [1.165, 1.54) is 7.11 Å². The predicted octanol–water partition coefficient (Wildman–Crippen LogP) is 2.11.